The predicted octanol–water partition coefficient (Wildman–Crippen LogP) is 1.70. The van der Waals surface area contributed by atoms with E-state index in [9.17, 15) is 0 Å². The molecule has 0 aliphatic carbocycles. The zero-order valence-electron chi connectivity index (χ0n) is 10.7. The summed E-state index contributed by atoms with van der Waals surface area (Å²) in [6.45, 7) is 5.23. The van der Waals surface area contributed by atoms with Gasteiger partial charge in [0.25, 0.3) is 0 Å². The van der Waals surface area contributed by atoms with E-state index in [-0.39, 0.29) is 6.04 Å². The van der Waals surface area contributed by atoms with Crippen LogP contribution in [-0.4, -0.2) is 26.8 Å². The lowest BCUT2D eigenvalue weighted by Gasteiger charge is -2.12. The summed E-state index contributed by atoms with van der Waals surface area (Å²) >= 11 is 0. The van der Waals surface area contributed by atoms with Crippen LogP contribution in [0.5, 0.6) is 0 Å². The summed E-state index contributed by atoms with van der Waals surface area (Å²) in [6, 6.07) is 6.61. The first kappa shape index (κ1) is 11.3. The summed E-state index contributed by atoms with van der Waals surface area (Å²) in [5, 5.41) is 15.6. The van der Waals surface area contributed by atoms with Crippen molar-refractivity contribution in [1.29, 1.82) is 0 Å². The monoisotopic (exact) mass is 243 g/mol. The second kappa shape index (κ2) is 4.49. The van der Waals surface area contributed by atoms with Crippen molar-refractivity contribution < 1.29 is 0 Å². The van der Waals surface area contributed by atoms with Crippen molar-refractivity contribution in [1.82, 2.24) is 25.5 Å². The number of hydrogen-bond donors (Lipinski definition) is 1. The number of nitrogens with one attached hydrogen (secondary N) is 1. The maximum absolute atomic E-state index is 4.18. The van der Waals surface area contributed by atoms with Crippen LogP contribution in [0.3, 0.4) is 0 Å². The summed E-state index contributed by atoms with van der Waals surface area (Å²) in [6.07, 6.45) is 2.29. The lowest BCUT2D eigenvalue weighted by molar-refractivity contribution is 0.582. The quantitative estimate of drug-likeness (QED) is 0.872. The van der Waals surface area contributed by atoms with Gasteiger partial charge in [0.2, 0.25) is 0 Å². The Labute approximate surface area is 106 Å². The van der Waals surface area contributed by atoms with E-state index in [4.69, 9.17) is 0 Å². The third-order valence-corrected chi connectivity index (χ3v) is 3.45. The Balaban J connectivity index is 2.03. The molecule has 2 aromatic rings. The molecule has 0 bridgehead atoms. The van der Waals surface area contributed by atoms with Crippen molar-refractivity contribution in [2.45, 2.75) is 32.7 Å². The molecule has 1 aromatic carbocycles. The fraction of sp³-hybridized carbons (Fsp3) is 0.462. The van der Waals surface area contributed by atoms with Gasteiger partial charge in [-0.05, 0) is 55.3 Å². The number of nitrogens with zero attached hydrogens (tertiary/aromatic N) is 4. The molecule has 1 aromatic heterocycles. The number of tetrazole rings is 1. The van der Waals surface area contributed by atoms with E-state index >= 15 is 0 Å². The minimum Gasteiger partial charge on any atom is -0.307 e. The SMILES string of the molecule is Cc1ccc(-n2nnnc2C2CCCN2)c(C)c1. The Morgan fingerprint density at radius 1 is 1.33 bits per heavy atom. The highest BCUT2D eigenvalue weighted by Gasteiger charge is 2.23. The maximum atomic E-state index is 4.18. The van der Waals surface area contributed by atoms with Gasteiger partial charge in [0.15, 0.2) is 5.82 Å². The Morgan fingerprint density at radius 2 is 2.22 bits per heavy atom. The number of aryl methyl sites for hydroxylation is 2. The van der Waals surface area contributed by atoms with E-state index in [0.29, 0.717) is 0 Å². The minimum atomic E-state index is 0.278. The number of hydrogen-bond acceptors (Lipinski definition) is 4. The van der Waals surface area contributed by atoms with E-state index in [1.54, 1.807) is 0 Å². The van der Waals surface area contributed by atoms with Crippen molar-refractivity contribution in [3.63, 3.8) is 0 Å². The van der Waals surface area contributed by atoms with Gasteiger partial charge in [0, 0.05) is 0 Å². The van der Waals surface area contributed by atoms with Gasteiger partial charge in [0.05, 0.1) is 11.7 Å². The van der Waals surface area contributed by atoms with Crippen LogP contribution in [0.2, 0.25) is 0 Å². The van der Waals surface area contributed by atoms with Crippen molar-refractivity contribution in [2.75, 3.05) is 6.54 Å². The Kier molecular flexibility index (Phi) is 2.83. The third-order valence-electron chi connectivity index (χ3n) is 3.45. The summed E-state index contributed by atoms with van der Waals surface area (Å²) in [7, 11) is 0. The molecule has 1 aliphatic rings. The normalized spacial score (nSPS) is 19.3. The molecular formula is C13H17N5. The van der Waals surface area contributed by atoms with Gasteiger partial charge in [-0.15, -0.1) is 5.10 Å². The largest absolute Gasteiger partial charge is 0.307 e. The van der Waals surface area contributed by atoms with Crippen LogP contribution in [0.1, 0.15) is 35.8 Å². The van der Waals surface area contributed by atoms with Crippen LogP contribution in [0.25, 0.3) is 5.69 Å². The standard InChI is InChI=1S/C13H17N5/c1-9-5-6-12(10(2)8-9)18-13(15-16-17-18)11-4-3-7-14-11/h5-6,8,11,14H,3-4,7H2,1-2H3. The maximum Gasteiger partial charge on any atom is 0.173 e. The van der Waals surface area contributed by atoms with Crippen molar-refractivity contribution >= 4 is 0 Å². The molecule has 1 saturated heterocycles. The van der Waals surface area contributed by atoms with Crippen molar-refractivity contribution in [3.05, 3.63) is 35.2 Å². The van der Waals surface area contributed by atoms with Crippen LogP contribution in [0.4, 0.5) is 0 Å². The Hall–Kier alpha value is -1.75. The lowest BCUT2D eigenvalue weighted by atomic mass is 10.1. The van der Waals surface area contributed by atoms with Crippen molar-refractivity contribution in [2.24, 2.45) is 0 Å². The molecule has 18 heavy (non-hydrogen) atoms. The van der Waals surface area contributed by atoms with Crippen molar-refractivity contribution in [3.8, 4) is 5.69 Å². The molecule has 3 rings (SSSR count). The molecule has 5 nitrogen and oxygen atoms in total. The highest BCUT2D eigenvalue weighted by atomic mass is 15.5. The van der Waals surface area contributed by atoms with Gasteiger partial charge in [-0.3, -0.25) is 0 Å². The second-order valence-electron chi connectivity index (χ2n) is 4.89. The summed E-state index contributed by atoms with van der Waals surface area (Å²) in [4.78, 5) is 0. The Bertz CT molecular complexity index is 554. The average Bonchev–Trinajstić information content (AvgIpc) is 2.98. The molecule has 5 heteroatoms. The molecule has 1 atom stereocenters. The fourth-order valence-corrected chi connectivity index (χ4v) is 2.53. The first-order chi connectivity index (χ1) is 8.75. The third kappa shape index (κ3) is 1.90. The topological polar surface area (TPSA) is 55.6 Å². The molecule has 2 heterocycles. The molecule has 0 amide bonds. The predicted molar refractivity (Wildman–Crippen MR) is 68.6 cm³/mol. The van der Waals surface area contributed by atoms with E-state index < -0.39 is 0 Å². The molecule has 0 radical (unpaired) electrons. The first-order valence-corrected chi connectivity index (χ1v) is 6.35. The molecule has 1 aliphatic heterocycles. The summed E-state index contributed by atoms with van der Waals surface area (Å²) in [5.41, 5.74) is 3.51. The van der Waals surface area contributed by atoms with Gasteiger partial charge in [-0.2, -0.15) is 4.68 Å². The van der Waals surface area contributed by atoms with Crippen LogP contribution >= 0.6 is 0 Å². The summed E-state index contributed by atoms with van der Waals surface area (Å²) in [5.74, 6) is 0.916. The minimum absolute atomic E-state index is 0.278. The zero-order chi connectivity index (χ0) is 12.5. The smallest absolute Gasteiger partial charge is 0.173 e. The number of benzene rings is 1. The van der Waals surface area contributed by atoms with E-state index in [2.05, 4.69) is 52.9 Å². The molecule has 1 fully saturated rings. The van der Waals surface area contributed by atoms with Crippen LogP contribution in [-0.2, 0) is 0 Å². The van der Waals surface area contributed by atoms with E-state index in [0.717, 1.165) is 24.5 Å². The van der Waals surface area contributed by atoms with Gasteiger partial charge < -0.3 is 5.32 Å². The highest BCUT2D eigenvalue weighted by Crippen LogP contribution is 2.24. The summed E-state index contributed by atoms with van der Waals surface area (Å²) < 4.78 is 1.86. The average molecular weight is 243 g/mol. The number of aromatic nitrogens is 4. The van der Waals surface area contributed by atoms with Crippen LogP contribution in [0.15, 0.2) is 18.2 Å². The van der Waals surface area contributed by atoms with E-state index in [1.807, 2.05) is 4.68 Å². The first-order valence-electron chi connectivity index (χ1n) is 6.35. The van der Waals surface area contributed by atoms with E-state index in [1.165, 1.54) is 17.5 Å². The zero-order valence-corrected chi connectivity index (χ0v) is 10.7. The Morgan fingerprint density at radius 3 is 2.94 bits per heavy atom. The fourth-order valence-electron chi connectivity index (χ4n) is 2.53. The van der Waals surface area contributed by atoms with Crippen LogP contribution in [0, 0.1) is 13.8 Å². The molecule has 94 valence electrons. The van der Waals surface area contributed by atoms with Gasteiger partial charge >= 0.3 is 0 Å². The van der Waals surface area contributed by atoms with Crippen LogP contribution < -0.4 is 5.32 Å². The number of rotatable bonds is 2. The molecule has 0 saturated carbocycles. The van der Waals surface area contributed by atoms with Gasteiger partial charge in [-0.1, -0.05) is 17.7 Å². The van der Waals surface area contributed by atoms with Gasteiger partial charge in [-0.25, -0.2) is 0 Å². The molecular weight excluding hydrogens is 226 g/mol. The lowest BCUT2D eigenvalue weighted by Crippen LogP contribution is -2.18. The molecule has 1 N–H and O–H groups in total. The molecule has 1 unspecified atom stereocenters. The second-order valence-corrected chi connectivity index (χ2v) is 4.89. The molecule has 0 spiro atoms. The van der Waals surface area contributed by atoms with Gasteiger partial charge in [0.1, 0.15) is 0 Å². The highest BCUT2D eigenvalue weighted by molar-refractivity contribution is 5.42.